The molecule has 2 aromatic carbocycles. The zero-order valence-electron chi connectivity index (χ0n) is 19.4. The van der Waals surface area contributed by atoms with Crippen molar-refractivity contribution in [2.45, 2.75) is 37.9 Å². The molecule has 3 amide bonds. The zero-order chi connectivity index (χ0) is 24.0. The molecule has 2 aliphatic rings. The van der Waals surface area contributed by atoms with E-state index in [9.17, 15) is 14.4 Å². The quantitative estimate of drug-likeness (QED) is 0.542. The van der Waals surface area contributed by atoms with Crippen molar-refractivity contribution in [3.8, 4) is 0 Å². The summed E-state index contributed by atoms with van der Waals surface area (Å²) >= 11 is 0. The molecule has 2 atom stereocenters. The Hall–Kier alpha value is -3.65. The van der Waals surface area contributed by atoms with Crippen LogP contribution in [0.1, 0.15) is 41.4 Å². The summed E-state index contributed by atoms with van der Waals surface area (Å²) in [4.78, 5) is 46.2. The normalized spacial score (nSPS) is 18.6. The summed E-state index contributed by atoms with van der Waals surface area (Å²) in [6.07, 6.45) is 2.22. The Balaban J connectivity index is 1.41. The third kappa shape index (κ3) is 3.84. The molecule has 0 bridgehead atoms. The number of rotatable bonds is 5. The van der Waals surface area contributed by atoms with Gasteiger partial charge in [0.1, 0.15) is 6.04 Å². The van der Waals surface area contributed by atoms with Crippen LogP contribution in [0.3, 0.4) is 0 Å². The molecule has 0 radical (unpaired) electrons. The fraction of sp³-hybridized carbons (Fsp3) is 0.346. The molecule has 2 aliphatic heterocycles. The summed E-state index contributed by atoms with van der Waals surface area (Å²) in [6, 6.07) is 14.5. The summed E-state index contributed by atoms with van der Waals surface area (Å²) in [5, 5.41) is 3.91. The number of benzene rings is 2. The highest BCUT2D eigenvalue weighted by Crippen LogP contribution is 2.36. The molecule has 3 heterocycles. The highest BCUT2D eigenvalue weighted by molar-refractivity contribution is 5.99. The van der Waals surface area contributed by atoms with E-state index in [1.54, 1.807) is 18.7 Å². The van der Waals surface area contributed by atoms with E-state index >= 15 is 0 Å². The van der Waals surface area contributed by atoms with Crippen LogP contribution in [0, 0.1) is 0 Å². The molecule has 0 aliphatic carbocycles. The number of nitrogens with zero attached hydrogens (tertiary/aromatic N) is 2. The minimum Gasteiger partial charge on any atom is -0.361 e. The Bertz CT molecular complexity index is 1270. The molecule has 4 N–H and O–H groups in total. The van der Waals surface area contributed by atoms with Gasteiger partial charge in [-0.05, 0) is 37.1 Å². The summed E-state index contributed by atoms with van der Waals surface area (Å²) in [7, 11) is 0. The molecular formula is C26H29N5O3. The number of hydrogen-bond acceptors (Lipinski definition) is 4. The van der Waals surface area contributed by atoms with Gasteiger partial charge in [0.05, 0.1) is 11.6 Å². The van der Waals surface area contributed by atoms with Gasteiger partial charge in [0.15, 0.2) is 0 Å². The topological polar surface area (TPSA) is 112 Å². The molecule has 34 heavy (non-hydrogen) atoms. The highest BCUT2D eigenvalue weighted by atomic mass is 16.2. The number of carbonyl (C=O) groups excluding carboxylic acids is 3. The molecular weight excluding hydrogens is 430 g/mol. The van der Waals surface area contributed by atoms with Crippen molar-refractivity contribution in [1.82, 2.24) is 20.1 Å². The van der Waals surface area contributed by atoms with Gasteiger partial charge in [0, 0.05) is 48.7 Å². The zero-order valence-corrected chi connectivity index (χ0v) is 19.4. The monoisotopic (exact) mass is 459 g/mol. The van der Waals surface area contributed by atoms with E-state index < -0.39 is 11.6 Å². The largest absolute Gasteiger partial charge is 0.361 e. The first kappa shape index (κ1) is 22.2. The van der Waals surface area contributed by atoms with E-state index in [4.69, 9.17) is 5.73 Å². The molecule has 3 aromatic rings. The average Bonchev–Trinajstić information content (AvgIpc) is 3.36. The highest BCUT2D eigenvalue weighted by Gasteiger charge is 2.42. The summed E-state index contributed by atoms with van der Waals surface area (Å²) in [6.45, 7) is 4.51. The lowest BCUT2D eigenvalue weighted by Crippen LogP contribution is -2.59. The van der Waals surface area contributed by atoms with Crippen molar-refractivity contribution < 1.29 is 14.4 Å². The second-order valence-electron chi connectivity index (χ2n) is 9.70. The number of H-pyrrole nitrogens is 1. The third-order valence-corrected chi connectivity index (χ3v) is 6.79. The maximum absolute atomic E-state index is 13.8. The van der Waals surface area contributed by atoms with Crippen molar-refractivity contribution in [2.24, 2.45) is 5.73 Å². The first-order chi connectivity index (χ1) is 16.2. The summed E-state index contributed by atoms with van der Waals surface area (Å²) in [5.41, 5.74) is 8.48. The SMILES string of the molecule is CC(C)(N)C(=O)NC(Cc1c[nH]c2ccccc12)C(=O)N1CCN2C(=O)c3ccccc3C2C1. The van der Waals surface area contributed by atoms with E-state index in [-0.39, 0.29) is 23.8 Å². The van der Waals surface area contributed by atoms with Crippen LogP contribution in [0.15, 0.2) is 54.7 Å². The van der Waals surface area contributed by atoms with Gasteiger partial charge in [-0.3, -0.25) is 14.4 Å². The maximum Gasteiger partial charge on any atom is 0.254 e. The van der Waals surface area contributed by atoms with Gasteiger partial charge in [-0.1, -0.05) is 36.4 Å². The van der Waals surface area contributed by atoms with Crippen molar-refractivity contribution in [2.75, 3.05) is 19.6 Å². The van der Waals surface area contributed by atoms with Gasteiger partial charge in [0.2, 0.25) is 11.8 Å². The molecule has 176 valence electrons. The summed E-state index contributed by atoms with van der Waals surface area (Å²) < 4.78 is 0. The molecule has 0 spiro atoms. The third-order valence-electron chi connectivity index (χ3n) is 6.79. The number of nitrogens with two attached hydrogens (primary N) is 1. The van der Waals surface area contributed by atoms with Crippen LogP contribution in [0.5, 0.6) is 0 Å². The number of aromatic nitrogens is 1. The lowest BCUT2D eigenvalue weighted by molar-refractivity contribution is -0.139. The van der Waals surface area contributed by atoms with E-state index in [0.29, 0.717) is 31.6 Å². The van der Waals surface area contributed by atoms with Crippen LogP contribution in [-0.4, -0.2) is 63.7 Å². The summed E-state index contributed by atoms with van der Waals surface area (Å²) in [5.74, 6) is -0.536. The predicted octanol–water partition coefficient (Wildman–Crippen LogP) is 1.97. The molecule has 8 nitrogen and oxygen atoms in total. The first-order valence-corrected chi connectivity index (χ1v) is 11.6. The van der Waals surface area contributed by atoms with Crippen molar-refractivity contribution >= 4 is 28.6 Å². The van der Waals surface area contributed by atoms with Gasteiger partial charge >= 0.3 is 0 Å². The Morgan fingerprint density at radius 3 is 2.68 bits per heavy atom. The van der Waals surface area contributed by atoms with Gasteiger partial charge in [0.25, 0.3) is 5.91 Å². The lowest BCUT2D eigenvalue weighted by atomic mass is 9.99. The lowest BCUT2D eigenvalue weighted by Gasteiger charge is -2.39. The predicted molar refractivity (Wildman–Crippen MR) is 129 cm³/mol. The van der Waals surface area contributed by atoms with Crippen molar-refractivity contribution in [3.05, 3.63) is 71.4 Å². The van der Waals surface area contributed by atoms with Gasteiger partial charge in [-0.2, -0.15) is 0 Å². The maximum atomic E-state index is 13.8. The Kier molecular flexibility index (Phi) is 5.40. The van der Waals surface area contributed by atoms with E-state index in [1.165, 1.54) is 0 Å². The van der Waals surface area contributed by atoms with Gasteiger partial charge in [-0.25, -0.2) is 0 Å². The number of para-hydroxylation sites is 1. The second-order valence-corrected chi connectivity index (χ2v) is 9.70. The Labute approximate surface area is 198 Å². The minimum absolute atomic E-state index is 0.0150. The standard InChI is InChI=1S/C26H29N5O3/c1-26(2,27)25(34)29-21(13-16-14-28-20-10-6-5-7-17(16)20)24(33)30-11-12-31-22(15-30)18-8-3-4-9-19(18)23(31)32/h3-10,14,21-22,28H,11-13,15,27H2,1-2H3,(H,29,34). The molecule has 1 fully saturated rings. The van der Waals surface area contributed by atoms with Crippen LogP contribution in [0.4, 0.5) is 0 Å². The minimum atomic E-state index is -1.12. The smallest absolute Gasteiger partial charge is 0.254 e. The van der Waals surface area contributed by atoms with Gasteiger partial charge < -0.3 is 25.8 Å². The van der Waals surface area contributed by atoms with E-state index in [2.05, 4.69) is 10.3 Å². The number of fused-ring (bicyclic) bond motifs is 4. The van der Waals surface area contributed by atoms with Gasteiger partial charge in [-0.15, -0.1) is 0 Å². The Morgan fingerprint density at radius 1 is 1.15 bits per heavy atom. The number of carbonyl (C=O) groups is 3. The molecule has 1 aromatic heterocycles. The number of aromatic amines is 1. The van der Waals surface area contributed by atoms with Crippen molar-refractivity contribution in [1.29, 1.82) is 0 Å². The number of amides is 3. The fourth-order valence-electron chi connectivity index (χ4n) is 4.91. The van der Waals surface area contributed by atoms with Crippen LogP contribution in [0.25, 0.3) is 10.9 Å². The fourth-order valence-corrected chi connectivity index (χ4v) is 4.91. The number of nitrogens with one attached hydrogen (secondary N) is 2. The molecule has 0 saturated carbocycles. The second kappa shape index (κ2) is 8.29. The van der Waals surface area contributed by atoms with Crippen molar-refractivity contribution in [3.63, 3.8) is 0 Å². The van der Waals surface area contributed by atoms with Crippen LogP contribution in [0.2, 0.25) is 0 Å². The van der Waals surface area contributed by atoms with Crippen LogP contribution >= 0.6 is 0 Å². The number of piperazine rings is 1. The molecule has 1 saturated heterocycles. The molecule has 8 heteroatoms. The van der Waals surface area contributed by atoms with Crippen LogP contribution in [-0.2, 0) is 16.0 Å². The first-order valence-electron chi connectivity index (χ1n) is 11.6. The molecule has 2 unspecified atom stereocenters. The van der Waals surface area contributed by atoms with E-state index in [0.717, 1.165) is 22.0 Å². The van der Waals surface area contributed by atoms with Crippen LogP contribution < -0.4 is 11.1 Å². The number of hydrogen-bond donors (Lipinski definition) is 3. The molecule has 5 rings (SSSR count). The average molecular weight is 460 g/mol. The van der Waals surface area contributed by atoms with E-state index in [1.807, 2.05) is 59.6 Å². The Morgan fingerprint density at radius 2 is 1.88 bits per heavy atom.